The van der Waals surface area contributed by atoms with Gasteiger partial charge >= 0.3 is 0 Å². The van der Waals surface area contributed by atoms with E-state index in [1.54, 1.807) is 12.1 Å². The molecule has 0 radical (unpaired) electrons. The fraction of sp³-hybridized carbons (Fsp3) is 0.462. The van der Waals surface area contributed by atoms with Gasteiger partial charge < -0.3 is 20.2 Å². The Bertz CT molecular complexity index is 859. The number of nitrogens with zero attached hydrogens (tertiary/aromatic N) is 1. The van der Waals surface area contributed by atoms with E-state index in [2.05, 4.69) is 13.2 Å². The number of para-hydroxylation sites is 2. The molecule has 2 aliphatic carbocycles. The van der Waals surface area contributed by atoms with E-state index in [0.717, 1.165) is 59.4 Å². The molecule has 1 aromatic rings. The highest BCUT2D eigenvalue weighted by Gasteiger charge is 2.40. The van der Waals surface area contributed by atoms with Crippen molar-refractivity contribution in [2.45, 2.75) is 65.6 Å². The van der Waals surface area contributed by atoms with Crippen LogP contribution in [0, 0.1) is 11.8 Å². The average Bonchev–Trinajstić information content (AvgIpc) is 2.66. The topological polar surface area (TPSA) is 63.9 Å². The summed E-state index contributed by atoms with van der Waals surface area (Å²) >= 11 is 0. The van der Waals surface area contributed by atoms with Crippen LogP contribution in [0.25, 0.3) is 0 Å². The molecular formula is C26H35NO3. The standard InChI is InChI=1S/C26H35NO3/c1-15(2)19-13-11-17(5)23(25(19)29)27(21-9-7-8-10-22(21)28)24-18(6)12-14-20(16(3)4)26(24)30/h7-10,19-20,25-26,28-30H,1,3,11-14H2,2,4-6H3/t19-,20-,25?,26?/m0/s1. The highest BCUT2D eigenvalue weighted by Crippen LogP contribution is 2.45. The Hall–Kier alpha value is -2.30. The second-order valence-electron chi connectivity index (χ2n) is 9.03. The van der Waals surface area contributed by atoms with Gasteiger partial charge in [-0.05, 0) is 65.5 Å². The predicted octanol–water partition coefficient (Wildman–Crippen LogP) is 5.44. The van der Waals surface area contributed by atoms with Gasteiger partial charge in [0.15, 0.2) is 0 Å². The van der Waals surface area contributed by atoms with Crippen LogP contribution in [-0.4, -0.2) is 27.5 Å². The van der Waals surface area contributed by atoms with Gasteiger partial charge in [0.1, 0.15) is 18.0 Å². The van der Waals surface area contributed by atoms with Crippen molar-refractivity contribution >= 4 is 5.69 Å². The second-order valence-corrected chi connectivity index (χ2v) is 9.03. The van der Waals surface area contributed by atoms with Crippen LogP contribution in [0.3, 0.4) is 0 Å². The quantitative estimate of drug-likeness (QED) is 0.567. The Morgan fingerprint density at radius 3 is 1.70 bits per heavy atom. The van der Waals surface area contributed by atoms with E-state index in [9.17, 15) is 15.3 Å². The second kappa shape index (κ2) is 8.83. The fourth-order valence-corrected chi connectivity index (χ4v) is 4.92. The lowest BCUT2D eigenvalue weighted by Gasteiger charge is -2.44. The average molecular weight is 410 g/mol. The van der Waals surface area contributed by atoms with Crippen molar-refractivity contribution in [3.05, 3.63) is 71.1 Å². The largest absolute Gasteiger partial charge is 0.506 e. The molecule has 2 unspecified atom stereocenters. The van der Waals surface area contributed by atoms with Gasteiger partial charge in [-0.15, -0.1) is 0 Å². The smallest absolute Gasteiger partial charge is 0.139 e. The molecule has 4 heteroatoms. The summed E-state index contributed by atoms with van der Waals surface area (Å²) in [5, 5.41) is 33.6. The molecule has 0 heterocycles. The van der Waals surface area contributed by atoms with Gasteiger partial charge in [0.25, 0.3) is 0 Å². The molecule has 4 nitrogen and oxygen atoms in total. The summed E-state index contributed by atoms with van der Waals surface area (Å²) in [6, 6.07) is 7.13. The Balaban J connectivity index is 2.24. The molecule has 4 atom stereocenters. The lowest BCUT2D eigenvalue weighted by Crippen LogP contribution is -2.43. The van der Waals surface area contributed by atoms with Crippen LogP contribution in [-0.2, 0) is 0 Å². The summed E-state index contributed by atoms with van der Waals surface area (Å²) < 4.78 is 0. The molecule has 30 heavy (non-hydrogen) atoms. The van der Waals surface area contributed by atoms with E-state index in [-0.39, 0.29) is 17.6 Å². The number of hydrogen-bond acceptors (Lipinski definition) is 4. The predicted molar refractivity (Wildman–Crippen MR) is 123 cm³/mol. The van der Waals surface area contributed by atoms with E-state index >= 15 is 0 Å². The maximum Gasteiger partial charge on any atom is 0.139 e. The molecule has 0 amide bonds. The summed E-state index contributed by atoms with van der Waals surface area (Å²) in [5.74, 6) is -0.00124. The van der Waals surface area contributed by atoms with Gasteiger partial charge in [-0.1, -0.05) is 47.6 Å². The molecule has 2 aliphatic rings. The summed E-state index contributed by atoms with van der Waals surface area (Å²) in [6.45, 7) is 16.1. The van der Waals surface area contributed by atoms with Crippen LogP contribution in [0.2, 0.25) is 0 Å². The molecular weight excluding hydrogens is 374 g/mol. The molecule has 0 spiro atoms. The monoisotopic (exact) mass is 409 g/mol. The zero-order chi connectivity index (χ0) is 22.2. The number of aliphatic hydroxyl groups is 2. The van der Waals surface area contributed by atoms with Crippen molar-refractivity contribution in [3.63, 3.8) is 0 Å². The Kier molecular flexibility index (Phi) is 6.59. The Labute approximate surface area is 180 Å². The van der Waals surface area contributed by atoms with E-state index in [1.165, 1.54) is 0 Å². The minimum atomic E-state index is -0.756. The van der Waals surface area contributed by atoms with Crippen LogP contribution in [0.4, 0.5) is 5.69 Å². The Morgan fingerprint density at radius 2 is 1.30 bits per heavy atom. The molecule has 3 N–H and O–H groups in total. The van der Waals surface area contributed by atoms with E-state index in [0.29, 0.717) is 5.69 Å². The van der Waals surface area contributed by atoms with E-state index < -0.39 is 12.2 Å². The van der Waals surface area contributed by atoms with Crippen molar-refractivity contribution in [2.24, 2.45) is 11.8 Å². The third kappa shape index (κ3) is 3.99. The zero-order valence-corrected chi connectivity index (χ0v) is 18.7. The molecule has 0 aliphatic heterocycles. The molecule has 0 aromatic heterocycles. The first-order valence-electron chi connectivity index (χ1n) is 10.8. The first kappa shape index (κ1) is 22.4. The first-order chi connectivity index (χ1) is 14.1. The van der Waals surface area contributed by atoms with Crippen molar-refractivity contribution in [1.82, 2.24) is 0 Å². The first-order valence-corrected chi connectivity index (χ1v) is 10.8. The Morgan fingerprint density at radius 1 is 0.867 bits per heavy atom. The summed E-state index contributed by atoms with van der Waals surface area (Å²) in [7, 11) is 0. The number of phenols is 1. The van der Waals surface area contributed by atoms with Gasteiger partial charge in [-0.25, -0.2) is 0 Å². The van der Waals surface area contributed by atoms with Crippen molar-refractivity contribution in [3.8, 4) is 5.75 Å². The number of allylic oxidation sites excluding steroid dienone is 2. The SMILES string of the molecule is C=C(C)[C@@H]1CCC(C)=C(N(C2=C(C)CC[C@@H](C(=C)C)C2O)c2ccccc2O)C1O. The van der Waals surface area contributed by atoms with E-state index in [4.69, 9.17) is 0 Å². The minimum Gasteiger partial charge on any atom is -0.506 e. The number of anilines is 1. The van der Waals surface area contributed by atoms with Crippen LogP contribution in [0.1, 0.15) is 53.4 Å². The van der Waals surface area contributed by atoms with Gasteiger partial charge in [-0.2, -0.15) is 0 Å². The number of hydrogen-bond donors (Lipinski definition) is 3. The van der Waals surface area contributed by atoms with Crippen molar-refractivity contribution < 1.29 is 15.3 Å². The number of aromatic hydroxyl groups is 1. The minimum absolute atomic E-state index is 0.0596. The highest BCUT2D eigenvalue weighted by atomic mass is 16.3. The highest BCUT2D eigenvalue weighted by molar-refractivity contribution is 5.68. The van der Waals surface area contributed by atoms with Crippen LogP contribution in [0.15, 0.2) is 71.1 Å². The van der Waals surface area contributed by atoms with Gasteiger partial charge in [0.05, 0.1) is 17.1 Å². The number of benzene rings is 1. The lowest BCUT2D eigenvalue weighted by molar-refractivity contribution is 0.128. The summed E-state index contributed by atoms with van der Waals surface area (Å²) in [6.07, 6.45) is 1.84. The van der Waals surface area contributed by atoms with E-state index in [1.807, 2.05) is 44.7 Å². The van der Waals surface area contributed by atoms with Gasteiger partial charge in [0.2, 0.25) is 0 Å². The molecule has 3 rings (SSSR count). The summed E-state index contributed by atoms with van der Waals surface area (Å²) in [4.78, 5) is 1.92. The molecule has 0 saturated carbocycles. The lowest BCUT2D eigenvalue weighted by atomic mass is 9.78. The molecule has 162 valence electrons. The van der Waals surface area contributed by atoms with Gasteiger partial charge in [-0.3, -0.25) is 0 Å². The van der Waals surface area contributed by atoms with Crippen molar-refractivity contribution in [1.29, 1.82) is 0 Å². The van der Waals surface area contributed by atoms with Crippen LogP contribution < -0.4 is 4.90 Å². The number of aliphatic hydroxyl groups excluding tert-OH is 2. The number of phenolic OH excluding ortho intramolecular Hbond substituents is 1. The van der Waals surface area contributed by atoms with Crippen LogP contribution in [0.5, 0.6) is 5.75 Å². The van der Waals surface area contributed by atoms with Crippen molar-refractivity contribution in [2.75, 3.05) is 4.90 Å². The zero-order valence-electron chi connectivity index (χ0n) is 18.7. The third-order valence-electron chi connectivity index (χ3n) is 6.73. The molecule has 0 saturated heterocycles. The van der Waals surface area contributed by atoms with Gasteiger partial charge in [0, 0.05) is 11.8 Å². The molecule has 0 fully saturated rings. The third-order valence-corrected chi connectivity index (χ3v) is 6.73. The molecule has 1 aromatic carbocycles. The fourth-order valence-electron chi connectivity index (χ4n) is 4.92. The van der Waals surface area contributed by atoms with Crippen LogP contribution >= 0.6 is 0 Å². The molecule has 0 bridgehead atoms. The number of rotatable bonds is 5. The normalized spacial score (nSPS) is 27.3. The maximum absolute atomic E-state index is 11.4. The summed E-state index contributed by atoms with van der Waals surface area (Å²) in [5.41, 5.74) is 6.07. The maximum atomic E-state index is 11.4.